The lowest BCUT2D eigenvalue weighted by molar-refractivity contribution is 0.0495. The minimum absolute atomic E-state index is 0.306. The first-order valence-electron chi connectivity index (χ1n) is 14.6. The van der Waals surface area contributed by atoms with Crippen molar-refractivity contribution in [3.8, 4) is 17.0 Å². The van der Waals surface area contributed by atoms with Gasteiger partial charge in [-0.05, 0) is 74.9 Å². The fraction of sp³-hybridized carbons (Fsp3) is 0.500. The number of benzene rings is 1. The van der Waals surface area contributed by atoms with E-state index in [0.717, 1.165) is 91.7 Å². The molecular weight excluding hydrogens is 488 g/mol. The van der Waals surface area contributed by atoms with Crippen molar-refractivity contribution in [2.75, 3.05) is 45.0 Å². The number of nitrogens with one attached hydrogen (secondary N) is 1. The standard InChI is InChI=1S/C30H38N8O/c31-29-27-28(21-6-8-26(9-7-21)39-25-4-2-1-3-5-25)35-38(30(27)34-20-33-29)23-12-16-36(17-13-23)22-10-14-37(15-11-22)24-18-32-19-24/h2,4-9,20,22-24,32H,1,3,10-19H2,(H2,31,33,34). The lowest BCUT2D eigenvalue weighted by atomic mass is 9.96. The summed E-state index contributed by atoms with van der Waals surface area (Å²) in [4.78, 5) is 14.4. The molecule has 1 aromatic carbocycles. The smallest absolute Gasteiger partial charge is 0.164 e. The van der Waals surface area contributed by atoms with E-state index < -0.39 is 0 Å². The molecule has 0 atom stereocenters. The van der Waals surface area contributed by atoms with Gasteiger partial charge in [-0.3, -0.25) is 4.90 Å². The molecule has 39 heavy (non-hydrogen) atoms. The Labute approximate surface area is 229 Å². The lowest BCUT2D eigenvalue weighted by Crippen LogP contribution is -2.60. The van der Waals surface area contributed by atoms with Gasteiger partial charge >= 0.3 is 0 Å². The predicted octanol–water partition coefficient (Wildman–Crippen LogP) is 3.76. The minimum atomic E-state index is 0.306. The topological polar surface area (TPSA) is 97.4 Å². The zero-order valence-corrected chi connectivity index (χ0v) is 22.5. The highest BCUT2D eigenvalue weighted by atomic mass is 16.5. The first-order chi connectivity index (χ1) is 19.2. The van der Waals surface area contributed by atoms with E-state index >= 15 is 0 Å². The maximum Gasteiger partial charge on any atom is 0.164 e. The molecule has 3 fully saturated rings. The lowest BCUT2D eigenvalue weighted by Gasteiger charge is -2.45. The number of allylic oxidation sites excluding steroid dienone is 3. The van der Waals surface area contributed by atoms with Crippen LogP contribution in [-0.2, 0) is 0 Å². The minimum Gasteiger partial charge on any atom is -0.458 e. The van der Waals surface area contributed by atoms with Crippen molar-refractivity contribution in [1.29, 1.82) is 0 Å². The molecule has 9 heteroatoms. The predicted molar refractivity (Wildman–Crippen MR) is 153 cm³/mol. The van der Waals surface area contributed by atoms with Crippen LogP contribution in [0, 0.1) is 0 Å². The van der Waals surface area contributed by atoms with E-state index in [0.29, 0.717) is 17.9 Å². The van der Waals surface area contributed by atoms with Crippen LogP contribution >= 0.6 is 0 Å². The molecule has 4 aliphatic rings. The van der Waals surface area contributed by atoms with Crippen molar-refractivity contribution in [2.45, 2.75) is 56.7 Å². The fourth-order valence-corrected chi connectivity index (χ4v) is 6.58. The van der Waals surface area contributed by atoms with E-state index in [1.807, 2.05) is 18.2 Å². The van der Waals surface area contributed by atoms with Gasteiger partial charge in [-0.25, -0.2) is 14.6 Å². The van der Waals surface area contributed by atoms with Gasteiger partial charge in [0.15, 0.2) is 5.65 Å². The molecular formula is C30H38N8O. The van der Waals surface area contributed by atoms with Gasteiger partial charge < -0.3 is 20.7 Å². The van der Waals surface area contributed by atoms with Crippen LogP contribution in [0.3, 0.4) is 0 Å². The van der Waals surface area contributed by atoms with Crippen LogP contribution in [0.4, 0.5) is 5.82 Å². The average molecular weight is 527 g/mol. The van der Waals surface area contributed by atoms with Gasteiger partial charge in [-0.2, -0.15) is 5.10 Å². The second kappa shape index (κ2) is 10.7. The summed E-state index contributed by atoms with van der Waals surface area (Å²) in [7, 11) is 0. The summed E-state index contributed by atoms with van der Waals surface area (Å²) in [5, 5.41) is 9.36. The number of rotatable bonds is 6. The molecule has 5 heterocycles. The van der Waals surface area contributed by atoms with Gasteiger partial charge in [0, 0.05) is 56.9 Å². The second-order valence-electron chi connectivity index (χ2n) is 11.3. The molecule has 3 aliphatic heterocycles. The quantitative estimate of drug-likeness (QED) is 0.501. The molecule has 0 radical (unpaired) electrons. The average Bonchev–Trinajstić information content (AvgIpc) is 3.35. The van der Waals surface area contributed by atoms with Gasteiger partial charge in [-0.1, -0.05) is 6.08 Å². The van der Waals surface area contributed by atoms with E-state index in [-0.39, 0.29) is 0 Å². The highest BCUT2D eigenvalue weighted by Crippen LogP contribution is 2.35. The van der Waals surface area contributed by atoms with Crippen LogP contribution in [0.25, 0.3) is 22.3 Å². The van der Waals surface area contributed by atoms with Crippen molar-refractivity contribution in [3.05, 3.63) is 54.6 Å². The third-order valence-corrected chi connectivity index (χ3v) is 8.98. The number of ether oxygens (including phenoxy) is 1. The molecule has 3 saturated heterocycles. The summed E-state index contributed by atoms with van der Waals surface area (Å²) < 4.78 is 8.15. The molecule has 204 valence electrons. The number of likely N-dealkylation sites (tertiary alicyclic amines) is 2. The summed E-state index contributed by atoms with van der Waals surface area (Å²) in [5.41, 5.74) is 9.06. The summed E-state index contributed by atoms with van der Waals surface area (Å²) in [6.45, 7) is 7.01. The van der Waals surface area contributed by atoms with E-state index in [1.54, 1.807) is 6.33 Å². The van der Waals surface area contributed by atoms with Gasteiger partial charge in [0.1, 0.15) is 29.3 Å². The van der Waals surface area contributed by atoms with Gasteiger partial charge in [0.2, 0.25) is 0 Å². The number of piperidine rings is 2. The molecule has 0 saturated carbocycles. The number of nitrogen functional groups attached to an aromatic ring is 1. The highest BCUT2D eigenvalue weighted by Gasteiger charge is 2.33. The molecule has 3 aromatic rings. The van der Waals surface area contributed by atoms with Crippen molar-refractivity contribution < 1.29 is 4.74 Å². The molecule has 7 rings (SSSR count). The Morgan fingerprint density at radius 3 is 2.23 bits per heavy atom. The van der Waals surface area contributed by atoms with Crippen LogP contribution in [-0.4, -0.2) is 80.9 Å². The Balaban J connectivity index is 1.06. The number of aromatic nitrogens is 4. The van der Waals surface area contributed by atoms with E-state index in [1.165, 1.54) is 25.9 Å². The van der Waals surface area contributed by atoms with Crippen LogP contribution in [0.1, 0.15) is 44.6 Å². The number of anilines is 1. The Bertz CT molecular complexity index is 1360. The van der Waals surface area contributed by atoms with E-state index in [2.05, 4.69) is 54.1 Å². The Morgan fingerprint density at radius 2 is 1.56 bits per heavy atom. The molecule has 0 amide bonds. The molecule has 0 bridgehead atoms. The van der Waals surface area contributed by atoms with Crippen molar-refractivity contribution in [2.24, 2.45) is 0 Å². The largest absolute Gasteiger partial charge is 0.458 e. The van der Waals surface area contributed by atoms with E-state index in [4.69, 9.17) is 15.6 Å². The number of hydrogen-bond donors (Lipinski definition) is 2. The van der Waals surface area contributed by atoms with Crippen LogP contribution in [0.2, 0.25) is 0 Å². The Morgan fingerprint density at radius 1 is 0.846 bits per heavy atom. The summed E-state index contributed by atoms with van der Waals surface area (Å²) in [6, 6.07) is 9.87. The number of hydrogen-bond acceptors (Lipinski definition) is 8. The third kappa shape index (κ3) is 4.95. The molecule has 2 aromatic heterocycles. The van der Waals surface area contributed by atoms with Crippen LogP contribution in [0.15, 0.2) is 54.6 Å². The molecule has 9 nitrogen and oxygen atoms in total. The maximum absolute atomic E-state index is 6.40. The normalized spacial score (nSPS) is 22.2. The molecule has 3 N–H and O–H groups in total. The van der Waals surface area contributed by atoms with Gasteiger partial charge in [0.05, 0.1) is 11.4 Å². The number of fused-ring (bicyclic) bond motifs is 1. The zero-order chi connectivity index (χ0) is 26.2. The summed E-state index contributed by atoms with van der Waals surface area (Å²) in [6.07, 6.45) is 14.7. The SMILES string of the molecule is Nc1ncnc2c1c(-c1ccc(OC3=CCCC=C3)cc1)nn2C1CCN(C2CCN(C3CNC3)CC2)CC1. The van der Waals surface area contributed by atoms with E-state index in [9.17, 15) is 0 Å². The van der Waals surface area contributed by atoms with Crippen molar-refractivity contribution in [3.63, 3.8) is 0 Å². The Hall–Kier alpha value is -3.27. The monoisotopic (exact) mass is 526 g/mol. The maximum atomic E-state index is 6.40. The first-order valence-corrected chi connectivity index (χ1v) is 14.6. The molecule has 0 unspecified atom stereocenters. The van der Waals surface area contributed by atoms with Crippen LogP contribution < -0.4 is 15.8 Å². The third-order valence-electron chi connectivity index (χ3n) is 8.98. The second-order valence-corrected chi connectivity index (χ2v) is 11.3. The van der Waals surface area contributed by atoms with Gasteiger partial charge in [0.25, 0.3) is 0 Å². The highest BCUT2D eigenvalue weighted by molar-refractivity contribution is 5.98. The zero-order valence-electron chi connectivity index (χ0n) is 22.5. The molecule has 1 aliphatic carbocycles. The Kier molecular flexibility index (Phi) is 6.80. The number of nitrogens with two attached hydrogens (primary N) is 1. The molecule has 0 spiro atoms. The summed E-state index contributed by atoms with van der Waals surface area (Å²) >= 11 is 0. The van der Waals surface area contributed by atoms with Crippen molar-refractivity contribution in [1.82, 2.24) is 34.9 Å². The van der Waals surface area contributed by atoms with Crippen molar-refractivity contribution >= 4 is 16.9 Å². The fourth-order valence-electron chi connectivity index (χ4n) is 6.58. The number of nitrogens with zero attached hydrogens (tertiary/aromatic N) is 6. The summed E-state index contributed by atoms with van der Waals surface area (Å²) in [5.74, 6) is 2.19. The van der Waals surface area contributed by atoms with Gasteiger partial charge in [-0.15, -0.1) is 0 Å². The first kappa shape index (κ1) is 24.7. The van der Waals surface area contributed by atoms with Crippen LogP contribution in [0.5, 0.6) is 5.75 Å².